The summed E-state index contributed by atoms with van der Waals surface area (Å²) in [6.45, 7) is 7.19. The number of hydrogen-bond donors (Lipinski definition) is 1. The van der Waals surface area contributed by atoms with Crippen molar-refractivity contribution in [3.05, 3.63) is 30.3 Å². The molecular formula is C13H19N3S. The molecule has 0 amide bonds. The molecule has 0 atom stereocenters. The average Bonchev–Trinajstić information content (AvgIpc) is 2.29. The van der Waals surface area contributed by atoms with Gasteiger partial charge in [-0.2, -0.15) is 0 Å². The number of nitrogens with one attached hydrogen (secondary N) is 1. The molecule has 2 rings (SSSR count). The third kappa shape index (κ3) is 3.66. The van der Waals surface area contributed by atoms with Crippen LogP contribution >= 0.6 is 11.8 Å². The Balaban J connectivity index is 1.98. The molecule has 0 fully saturated rings. The van der Waals surface area contributed by atoms with Crippen molar-refractivity contribution < 1.29 is 0 Å². The molecule has 0 saturated carbocycles. The quantitative estimate of drug-likeness (QED) is 0.829. The van der Waals surface area contributed by atoms with Gasteiger partial charge in [-0.05, 0) is 32.9 Å². The molecule has 0 bridgehead atoms. The monoisotopic (exact) mass is 249 g/mol. The van der Waals surface area contributed by atoms with Gasteiger partial charge in [0.15, 0.2) is 5.17 Å². The smallest absolute Gasteiger partial charge is 0.160 e. The van der Waals surface area contributed by atoms with E-state index in [2.05, 4.69) is 60.2 Å². The van der Waals surface area contributed by atoms with Crippen molar-refractivity contribution in [1.82, 2.24) is 5.32 Å². The van der Waals surface area contributed by atoms with Crippen molar-refractivity contribution in [2.24, 2.45) is 4.99 Å². The molecule has 1 aromatic carbocycles. The van der Waals surface area contributed by atoms with Crippen molar-refractivity contribution >= 4 is 22.6 Å². The van der Waals surface area contributed by atoms with Gasteiger partial charge in [0.25, 0.3) is 0 Å². The zero-order chi connectivity index (χ0) is 12.3. The summed E-state index contributed by atoms with van der Waals surface area (Å²) in [5.41, 5.74) is 1.32. The third-order valence-corrected chi connectivity index (χ3v) is 3.29. The minimum atomic E-state index is 0.0841. The SMILES string of the molecule is CC(C)(C)NC1=NCN(c2ccccc2)CS1. The number of hydrogen-bond acceptors (Lipinski definition) is 4. The number of nitrogens with zero attached hydrogens (tertiary/aromatic N) is 2. The van der Waals surface area contributed by atoms with Crippen molar-refractivity contribution in [1.29, 1.82) is 0 Å². The average molecular weight is 249 g/mol. The van der Waals surface area contributed by atoms with E-state index in [1.165, 1.54) is 5.69 Å². The summed E-state index contributed by atoms with van der Waals surface area (Å²) < 4.78 is 0. The van der Waals surface area contributed by atoms with Crippen molar-refractivity contribution in [2.45, 2.75) is 26.3 Å². The number of anilines is 1. The van der Waals surface area contributed by atoms with Gasteiger partial charge in [0.1, 0.15) is 6.67 Å². The van der Waals surface area contributed by atoms with Gasteiger partial charge in [0, 0.05) is 11.2 Å². The second-order valence-electron chi connectivity index (χ2n) is 5.13. The number of benzene rings is 1. The summed E-state index contributed by atoms with van der Waals surface area (Å²) in [6.07, 6.45) is 0. The molecule has 17 heavy (non-hydrogen) atoms. The molecule has 92 valence electrons. The van der Waals surface area contributed by atoms with E-state index >= 15 is 0 Å². The number of thioether (sulfide) groups is 1. The number of amidine groups is 1. The van der Waals surface area contributed by atoms with Crippen LogP contribution in [-0.2, 0) is 0 Å². The topological polar surface area (TPSA) is 27.6 Å². The summed E-state index contributed by atoms with van der Waals surface area (Å²) in [5.74, 6) is 0.950. The second kappa shape index (κ2) is 5.00. The van der Waals surface area contributed by atoms with Gasteiger partial charge in [-0.1, -0.05) is 30.0 Å². The molecule has 0 spiro atoms. The predicted molar refractivity (Wildman–Crippen MR) is 76.6 cm³/mol. The maximum Gasteiger partial charge on any atom is 0.160 e. The number of para-hydroxylation sites is 1. The van der Waals surface area contributed by atoms with E-state index in [9.17, 15) is 0 Å². The minimum Gasteiger partial charge on any atom is -0.360 e. The van der Waals surface area contributed by atoms with Crippen molar-refractivity contribution in [3.63, 3.8) is 0 Å². The fraction of sp³-hybridized carbons (Fsp3) is 0.462. The first kappa shape index (κ1) is 12.3. The Hall–Kier alpha value is -1.16. The van der Waals surface area contributed by atoms with E-state index in [1.54, 1.807) is 11.8 Å². The molecule has 3 nitrogen and oxygen atoms in total. The molecule has 1 aliphatic rings. The first-order valence-electron chi connectivity index (χ1n) is 5.80. The molecule has 0 aromatic heterocycles. The fourth-order valence-corrected chi connectivity index (χ4v) is 2.60. The molecular weight excluding hydrogens is 230 g/mol. The van der Waals surface area contributed by atoms with Crippen LogP contribution in [0.25, 0.3) is 0 Å². The molecule has 1 N–H and O–H groups in total. The van der Waals surface area contributed by atoms with Crippen LogP contribution in [0.1, 0.15) is 20.8 Å². The Kier molecular flexibility index (Phi) is 3.62. The van der Waals surface area contributed by atoms with E-state index in [4.69, 9.17) is 0 Å². The van der Waals surface area contributed by atoms with Gasteiger partial charge in [0.2, 0.25) is 0 Å². The minimum absolute atomic E-state index is 0.0841. The second-order valence-corrected chi connectivity index (χ2v) is 6.06. The van der Waals surface area contributed by atoms with E-state index in [1.807, 2.05) is 6.07 Å². The summed E-state index contributed by atoms with van der Waals surface area (Å²) in [5, 5.41) is 4.46. The standard InChI is InChI=1S/C13H19N3S/c1-13(2,3)15-12-14-9-16(10-17-12)11-7-5-4-6-8-11/h4-8H,9-10H2,1-3H3,(H,14,15). The van der Waals surface area contributed by atoms with Crippen LogP contribution in [0.2, 0.25) is 0 Å². The summed E-state index contributed by atoms with van der Waals surface area (Å²) in [4.78, 5) is 6.83. The van der Waals surface area contributed by atoms with E-state index < -0.39 is 0 Å². The zero-order valence-electron chi connectivity index (χ0n) is 10.6. The van der Waals surface area contributed by atoms with Crippen molar-refractivity contribution in [3.8, 4) is 0 Å². The van der Waals surface area contributed by atoms with Gasteiger partial charge in [-0.25, -0.2) is 4.99 Å². The predicted octanol–water partition coefficient (Wildman–Crippen LogP) is 2.90. The highest BCUT2D eigenvalue weighted by Crippen LogP contribution is 2.21. The summed E-state index contributed by atoms with van der Waals surface area (Å²) >= 11 is 1.76. The molecule has 0 unspecified atom stereocenters. The Labute approximate surface area is 107 Å². The summed E-state index contributed by atoms with van der Waals surface area (Å²) in [7, 11) is 0. The van der Waals surface area contributed by atoms with E-state index in [0.29, 0.717) is 0 Å². The Morgan fingerprint density at radius 1 is 1.24 bits per heavy atom. The molecule has 4 heteroatoms. The number of rotatable bonds is 1. The highest BCUT2D eigenvalue weighted by Gasteiger charge is 2.17. The Morgan fingerprint density at radius 2 is 1.94 bits per heavy atom. The normalized spacial score (nSPS) is 16.6. The number of aliphatic imine (C=N–C) groups is 1. The lowest BCUT2D eigenvalue weighted by atomic mass is 10.1. The fourth-order valence-electron chi connectivity index (χ4n) is 1.57. The van der Waals surface area contributed by atoms with Gasteiger partial charge in [-0.15, -0.1) is 0 Å². The van der Waals surface area contributed by atoms with Gasteiger partial charge < -0.3 is 10.2 Å². The highest BCUT2D eigenvalue weighted by atomic mass is 32.2. The van der Waals surface area contributed by atoms with Crippen LogP contribution < -0.4 is 10.2 Å². The lowest BCUT2D eigenvalue weighted by Crippen LogP contribution is -2.42. The van der Waals surface area contributed by atoms with E-state index in [-0.39, 0.29) is 5.54 Å². The molecule has 1 aromatic rings. The van der Waals surface area contributed by atoms with Crippen LogP contribution in [0.15, 0.2) is 35.3 Å². The largest absolute Gasteiger partial charge is 0.360 e. The van der Waals surface area contributed by atoms with Crippen LogP contribution in [0.4, 0.5) is 5.69 Å². The third-order valence-electron chi connectivity index (χ3n) is 2.35. The van der Waals surface area contributed by atoms with Crippen LogP contribution in [0, 0.1) is 0 Å². The lowest BCUT2D eigenvalue weighted by molar-refractivity contribution is 0.514. The van der Waals surface area contributed by atoms with Crippen LogP contribution in [-0.4, -0.2) is 23.3 Å². The maximum absolute atomic E-state index is 4.57. The van der Waals surface area contributed by atoms with Gasteiger partial charge in [0.05, 0.1) is 5.88 Å². The van der Waals surface area contributed by atoms with Crippen LogP contribution in [0.5, 0.6) is 0 Å². The van der Waals surface area contributed by atoms with Crippen LogP contribution in [0.3, 0.4) is 0 Å². The van der Waals surface area contributed by atoms with Gasteiger partial charge >= 0.3 is 0 Å². The molecule has 0 radical (unpaired) electrons. The lowest BCUT2D eigenvalue weighted by Gasteiger charge is -2.30. The maximum atomic E-state index is 4.57. The molecule has 0 saturated heterocycles. The first-order valence-corrected chi connectivity index (χ1v) is 6.78. The molecule has 0 aliphatic carbocycles. The highest BCUT2D eigenvalue weighted by molar-refractivity contribution is 8.13. The first-order chi connectivity index (χ1) is 8.04. The Morgan fingerprint density at radius 3 is 2.47 bits per heavy atom. The van der Waals surface area contributed by atoms with Gasteiger partial charge in [-0.3, -0.25) is 0 Å². The van der Waals surface area contributed by atoms with Crippen molar-refractivity contribution in [2.75, 3.05) is 17.4 Å². The molecule has 1 aliphatic heterocycles. The zero-order valence-corrected chi connectivity index (χ0v) is 11.4. The Bertz CT molecular complexity index is 395. The summed E-state index contributed by atoms with van der Waals surface area (Å²) in [6, 6.07) is 10.4. The van der Waals surface area contributed by atoms with E-state index in [0.717, 1.165) is 17.7 Å². The molecule has 1 heterocycles.